The molecule has 0 heterocycles. The fraction of sp³-hybridized carbons (Fsp3) is 0.250. The van der Waals surface area contributed by atoms with Gasteiger partial charge in [0.15, 0.2) is 0 Å². The van der Waals surface area contributed by atoms with Crippen molar-refractivity contribution >= 4 is 11.4 Å². The molecule has 2 aromatic carbocycles. The van der Waals surface area contributed by atoms with E-state index in [4.69, 9.17) is 9.57 Å². The molecular formula is C16H18N2O4. The third kappa shape index (κ3) is 3.73. The molecule has 22 heavy (non-hydrogen) atoms. The number of hydrogen-bond donors (Lipinski definition) is 0. The Morgan fingerprint density at radius 2 is 1.91 bits per heavy atom. The molecule has 0 unspecified atom stereocenters. The van der Waals surface area contributed by atoms with Crippen LogP contribution in [0.5, 0.6) is 5.75 Å². The van der Waals surface area contributed by atoms with Crippen molar-refractivity contribution in [1.82, 2.24) is 0 Å². The Kier molecular flexibility index (Phi) is 5.32. The monoisotopic (exact) mass is 302 g/mol. The van der Waals surface area contributed by atoms with Crippen molar-refractivity contribution in [3.63, 3.8) is 0 Å². The van der Waals surface area contributed by atoms with Crippen molar-refractivity contribution in [2.75, 3.05) is 18.7 Å². The molecule has 0 fully saturated rings. The molecule has 0 amide bonds. The Morgan fingerprint density at radius 3 is 2.50 bits per heavy atom. The summed E-state index contributed by atoms with van der Waals surface area (Å²) >= 11 is 0. The summed E-state index contributed by atoms with van der Waals surface area (Å²) in [5, 5.41) is 12.7. The first-order chi connectivity index (χ1) is 10.7. The van der Waals surface area contributed by atoms with Gasteiger partial charge < -0.3 is 4.74 Å². The smallest absolute Gasteiger partial charge is 0.298 e. The van der Waals surface area contributed by atoms with Crippen LogP contribution in [0.4, 0.5) is 11.4 Å². The van der Waals surface area contributed by atoms with Crippen LogP contribution in [-0.4, -0.2) is 18.6 Å². The van der Waals surface area contributed by atoms with E-state index in [9.17, 15) is 10.1 Å². The molecule has 0 spiro atoms. The van der Waals surface area contributed by atoms with E-state index in [1.165, 1.54) is 18.2 Å². The first-order valence-corrected chi connectivity index (χ1v) is 6.92. The standard InChI is InChI=1S/C16H18N2O4/c1-3-17(21-2)15-10-9-14(11-16(15)18(19)20)22-12-13-7-5-4-6-8-13/h4-11H,3,12H2,1-2H3. The average Bonchev–Trinajstić information content (AvgIpc) is 2.55. The maximum Gasteiger partial charge on any atom is 0.298 e. The molecule has 2 rings (SSSR count). The zero-order valence-electron chi connectivity index (χ0n) is 12.6. The first kappa shape index (κ1) is 15.8. The molecule has 0 aromatic heterocycles. The van der Waals surface area contributed by atoms with Gasteiger partial charge in [-0.05, 0) is 24.6 Å². The Balaban J connectivity index is 2.20. The van der Waals surface area contributed by atoms with Crippen molar-refractivity contribution in [3.8, 4) is 5.75 Å². The van der Waals surface area contributed by atoms with Gasteiger partial charge in [-0.1, -0.05) is 30.3 Å². The summed E-state index contributed by atoms with van der Waals surface area (Å²) in [7, 11) is 1.48. The minimum absolute atomic E-state index is 0.0470. The van der Waals surface area contributed by atoms with Gasteiger partial charge in [-0.15, -0.1) is 0 Å². The molecule has 0 N–H and O–H groups in total. The van der Waals surface area contributed by atoms with Crippen LogP contribution in [0.2, 0.25) is 0 Å². The van der Waals surface area contributed by atoms with Gasteiger partial charge in [0.2, 0.25) is 0 Å². The highest BCUT2D eigenvalue weighted by atomic mass is 16.7. The first-order valence-electron chi connectivity index (χ1n) is 6.92. The van der Waals surface area contributed by atoms with Crippen molar-refractivity contribution in [2.24, 2.45) is 0 Å². The lowest BCUT2D eigenvalue weighted by Crippen LogP contribution is -2.21. The molecule has 0 aliphatic heterocycles. The highest BCUT2D eigenvalue weighted by Crippen LogP contribution is 2.32. The van der Waals surface area contributed by atoms with Gasteiger partial charge in [0, 0.05) is 6.54 Å². The van der Waals surface area contributed by atoms with Crippen molar-refractivity contribution < 1.29 is 14.5 Å². The van der Waals surface area contributed by atoms with Crippen LogP contribution in [-0.2, 0) is 11.4 Å². The Hall–Kier alpha value is -2.60. The second kappa shape index (κ2) is 7.42. The Morgan fingerprint density at radius 1 is 1.18 bits per heavy atom. The molecule has 116 valence electrons. The van der Waals surface area contributed by atoms with Gasteiger partial charge in [-0.25, -0.2) is 5.06 Å². The lowest BCUT2D eigenvalue weighted by molar-refractivity contribution is -0.384. The molecule has 6 heteroatoms. The summed E-state index contributed by atoms with van der Waals surface area (Å²) in [6.45, 7) is 2.72. The number of nitro groups is 1. The average molecular weight is 302 g/mol. The molecule has 0 saturated carbocycles. The SMILES string of the molecule is CCN(OC)c1ccc(OCc2ccccc2)cc1[N+](=O)[O-]. The summed E-state index contributed by atoms with van der Waals surface area (Å²) in [5.41, 5.74) is 1.36. The maximum absolute atomic E-state index is 11.3. The molecule has 0 aliphatic carbocycles. The summed E-state index contributed by atoms with van der Waals surface area (Å²) in [5.74, 6) is 0.450. The van der Waals surface area contributed by atoms with Crippen LogP contribution in [0.1, 0.15) is 12.5 Å². The fourth-order valence-corrected chi connectivity index (χ4v) is 2.09. The van der Waals surface area contributed by atoms with Crippen molar-refractivity contribution in [2.45, 2.75) is 13.5 Å². The third-order valence-electron chi connectivity index (χ3n) is 3.17. The van der Waals surface area contributed by atoms with Crippen LogP contribution in [0.15, 0.2) is 48.5 Å². The van der Waals surface area contributed by atoms with Crippen LogP contribution in [0.25, 0.3) is 0 Å². The predicted octanol–water partition coefficient (Wildman–Crippen LogP) is 3.56. The van der Waals surface area contributed by atoms with Crippen molar-refractivity contribution in [3.05, 3.63) is 64.2 Å². The topological polar surface area (TPSA) is 64.8 Å². The lowest BCUT2D eigenvalue weighted by atomic mass is 10.2. The minimum atomic E-state index is -0.438. The Bertz CT molecular complexity index is 627. The van der Waals surface area contributed by atoms with E-state index in [0.717, 1.165) is 5.56 Å². The zero-order chi connectivity index (χ0) is 15.9. The highest BCUT2D eigenvalue weighted by molar-refractivity contribution is 5.64. The van der Waals surface area contributed by atoms with Crippen LogP contribution < -0.4 is 9.80 Å². The summed E-state index contributed by atoms with van der Waals surface area (Å²) in [4.78, 5) is 15.9. The van der Waals surface area contributed by atoms with E-state index in [2.05, 4.69) is 0 Å². The van der Waals surface area contributed by atoms with Crippen molar-refractivity contribution in [1.29, 1.82) is 0 Å². The van der Waals surface area contributed by atoms with Gasteiger partial charge in [0.25, 0.3) is 5.69 Å². The third-order valence-corrected chi connectivity index (χ3v) is 3.17. The van der Waals surface area contributed by atoms with E-state index in [1.54, 1.807) is 12.1 Å². The van der Waals surface area contributed by atoms with Crippen LogP contribution in [0.3, 0.4) is 0 Å². The molecule has 0 aliphatic rings. The van der Waals surface area contributed by atoms with Gasteiger partial charge in [-0.2, -0.15) is 0 Å². The van der Waals surface area contributed by atoms with Crippen LogP contribution >= 0.6 is 0 Å². The molecular weight excluding hydrogens is 284 g/mol. The number of benzene rings is 2. The second-order valence-corrected chi connectivity index (χ2v) is 4.56. The maximum atomic E-state index is 11.3. The van der Waals surface area contributed by atoms with E-state index in [-0.39, 0.29) is 5.69 Å². The van der Waals surface area contributed by atoms with Gasteiger partial charge >= 0.3 is 0 Å². The molecule has 6 nitrogen and oxygen atoms in total. The normalized spacial score (nSPS) is 10.3. The summed E-state index contributed by atoms with van der Waals surface area (Å²) in [6, 6.07) is 14.4. The highest BCUT2D eigenvalue weighted by Gasteiger charge is 2.20. The number of rotatable bonds is 7. The number of hydroxylamine groups is 1. The number of anilines is 1. The number of nitrogens with zero attached hydrogens (tertiary/aromatic N) is 2. The molecule has 0 bridgehead atoms. The minimum Gasteiger partial charge on any atom is -0.489 e. The van der Waals surface area contributed by atoms with E-state index in [1.807, 2.05) is 37.3 Å². The van der Waals surface area contributed by atoms with Gasteiger partial charge in [-0.3, -0.25) is 15.0 Å². The van der Waals surface area contributed by atoms with Gasteiger partial charge in [0.1, 0.15) is 18.0 Å². The van der Waals surface area contributed by atoms with Gasteiger partial charge in [0.05, 0.1) is 18.1 Å². The molecule has 0 radical (unpaired) electrons. The summed E-state index contributed by atoms with van der Waals surface area (Å²) < 4.78 is 5.62. The van der Waals surface area contributed by atoms with E-state index < -0.39 is 4.92 Å². The summed E-state index contributed by atoms with van der Waals surface area (Å²) in [6.07, 6.45) is 0. The lowest BCUT2D eigenvalue weighted by Gasteiger charge is -2.19. The van der Waals surface area contributed by atoms with E-state index >= 15 is 0 Å². The quantitative estimate of drug-likeness (QED) is 0.578. The molecule has 0 atom stereocenters. The number of hydrogen-bond acceptors (Lipinski definition) is 5. The molecule has 2 aromatic rings. The second-order valence-electron chi connectivity index (χ2n) is 4.56. The molecule has 0 saturated heterocycles. The fourth-order valence-electron chi connectivity index (χ4n) is 2.09. The number of ether oxygens (including phenoxy) is 1. The number of nitro benzene ring substituents is 1. The Labute approximate surface area is 129 Å². The van der Waals surface area contributed by atoms with E-state index in [0.29, 0.717) is 24.6 Å². The largest absolute Gasteiger partial charge is 0.489 e. The zero-order valence-corrected chi connectivity index (χ0v) is 12.6. The predicted molar refractivity (Wildman–Crippen MR) is 83.9 cm³/mol. The van der Waals surface area contributed by atoms with Crippen LogP contribution in [0, 0.1) is 10.1 Å².